The van der Waals surface area contributed by atoms with Gasteiger partial charge in [0, 0.05) is 5.56 Å². The Bertz CT molecular complexity index is 666. The van der Waals surface area contributed by atoms with Crippen LogP contribution in [0.25, 0.3) is 6.08 Å². The highest BCUT2D eigenvalue weighted by atomic mass is 127. The van der Waals surface area contributed by atoms with Crippen molar-refractivity contribution in [1.82, 2.24) is 0 Å². The van der Waals surface area contributed by atoms with Crippen molar-refractivity contribution in [3.8, 4) is 0 Å². The molecule has 6 N–H and O–H groups in total. The molecule has 0 unspecified atom stereocenters. The smallest absolute Gasteiger partial charge is 0.0930 e. The number of nitrogens with two attached hydrogens (primary N) is 1. The summed E-state index contributed by atoms with van der Waals surface area (Å²) >= 11 is -0.822. The number of hydrogen-bond acceptors (Lipinski definition) is 5. The maximum absolute atomic E-state index is 5.72. The number of nitrogens with one attached hydrogen (secondary N) is 4. The molecule has 0 aliphatic rings. The predicted octanol–water partition coefficient (Wildman–Crippen LogP) is 5.31. The van der Waals surface area contributed by atoms with E-state index >= 15 is 0 Å². The van der Waals surface area contributed by atoms with Crippen molar-refractivity contribution in [2.45, 2.75) is 19.8 Å². The summed E-state index contributed by atoms with van der Waals surface area (Å²) in [4.78, 5) is 0. The van der Waals surface area contributed by atoms with Gasteiger partial charge >= 0.3 is 0 Å². The average Bonchev–Trinajstić information content (AvgIpc) is 2.54. The molecule has 24 heavy (non-hydrogen) atoms. The summed E-state index contributed by atoms with van der Waals surface area (Å²) in [6, 6.07) is 0. The lowest BCUT2D eigenvalue weighted by atomic mass is 9.91. The van der Waals surface area contributed by atoms with Crippen LogP contribution in [0.3, 0.4) is 0 Å². The van der Waals surface area contributed by atoms with E-state index in [1.54, 1.807) is 18.6 Å². The van der Waals surface area contributed by atoms with Gasteiger partial charge in [-0.25, -0.2) is 0 Å². The Kier molecular flexibility index (Phi) is 9.04. The first-order valence-electron chi connectivity index (χ1n) is 7.21. The van der Waals surface area contributed by atoms with Crippen molar-refractivity contribution in [2.24, 2.45) is 5.73 Å². The SMILES string of the molecule is C=CNc1c(/C=C/N)c(C(C)C)c(NI=C)c(NI=C)c1NC=C. The molecule has 1 aromatic carbocycles. The summed E-state index contributed by atoms with van der Waals surface area (Å²) < 4.78 is 15.0. The van der Waals surface area contributed by atoms with Crippen molar-refractivity contribution >= 4 is 79.9 Å². The largest absolute Gasteiger partial charge is 0.405 e. The van der Waals surface area contributed by atoms with Gasteiger partial charge in [0.2, 0.25) is 0 Å². The second-order valence-electron chi connectivity index (χ2n) is 4.99. The van der Waals surface area contributed by atoms with Gasteiger partial charge in [-0.3, -0.25) is 0 Å². The van der Waals surface area contributed by atoms with E-state index in [9.17, 15) is 0 Å². The maximum atomic E-state index is 5.72. The van der Waals surface area contributed by atoms with E-state index in [4.69, 9.17) is 5.73 Å². The molecule has 0 fully saturated rings. The van der Waals surface area contributed by atoms with Crippen LogP contribution in [0.1, 0.15) is 30.9 Å². The van der Waals surface area contributed by atoms with Crippen LogP contribution in [0.2, 0.25) is 0 Å². The Hall–Kier alpha value is -1.36. The molecule has 0 saturated heterocycles. The molecule has 7 heteroatoms. The van der Waals surface area contributed by atoms with Crippen LogP contribution in [0, 0.1) is 0 Å². The summed E-state index contributed by atoms with van der Waals surface area (Å²) in [6.45, 7) is 11.9. The molecule has 0 aliphatic carbocycles. The zero-order chi connectivity index (χ0) is 18.1. The first-order valence-corrected chi connectivity index (χ1v) is 12.4. The second-order valence-corrected chi connectivity index (χ2v) is 7.60. The third-order valence-corrected chi connectivity index (χ3v) is 5.08. The predicted molar refractivity (Wildman–Crippen MR) is 131 cm³/mol. The van der Waals surface area contributed by atoms with Gasteiger partial charge in [-0.15, -0.1) is 0 Å². The first-order chi connectivity index (χ1) is 11.6. The van der Waals surface area contributed by atoms with Gasteiger partial charge in [-0.1, -0.05) is 27.0 Å². The van der Waals surface area contributed by atoms with Crippen molar-refractivity contribution in [3.05, 3.63) is 42.9 Å². The summed E-state index contributed by atoms with van der Waals surface area (Å²) in [5.41, 5.74) is 11.8. The van der Waals surface area contributed by atoms with E-state index in [0.29, 0.717) is 5.92 Å². The van der Waals surface area contributed by atoms with Gasteiger partial charge in [0.1, 0.15) is 0 Å². The van der Waals surface area contributed by atoms with Crippen LogP contribution >= 0.6 is 42.0 Å². The third kappa shape index (κ3) is 4.59. The van der Waals surface area contributed by atoms with E-state index in [0.717, 1.165) is 28.3 Å². The second kappa shape index (κ2) is 10.5. The van der Waals surface area contributed by atoms with E-state index in [2.05, 4.69) is 53.7 Å². The van der Waals surface area contributed by atoms with Crippen LogP contribution in [-0.4, -0.2) is 9.03 Å². The molecule has 0 atom stereocenters. The average molecular weight is 553 g/mol. The van der Waals surface area contributed by atoms with Gasteiger partial charge < -0.3 is 23.4 Å². The maximum Gasteiger partial charge on any atom is 0.0930 e. The normalized spacial score (nSPS) is 10.6. The quantitative estimate of drug-likeness (QED) is 0.201. The first kappa shape index (κ1) is 20.7. The summed E-state index contributed by atoms with van der Waals surface area (Å²) in [5.74, 6) is 0.293. The molecule has 0 bridgehead atoms. The Morgan fingerprint density at radius 2 is 1.46 bits per heavy atom. The molecule has 1 rings (SSSR count). The summed E-state index contributed by atoms with van der Waals surface area (Å²) in [6.07, 6.45) is 6.78. The van der Waals surface area contributed by atoms with Crippen LogP contribution < -0.4 is 23.4 Å². The molecule has 1 aromatic rings. The summed E-state index contributed by atoms with van der Waals surface area (Å²) in [7, 11) is 0. The van der Waals surface area contributed by atoms with Crippen LogP contribution in [0.4, 0.5) is 22.7 Å². The number of benzene rings is 1. The van der Waals surface area contributed by atoms with Gasteiger partial charge in [-0.2, -0.15) is 0 Å². The molecule has 0 amide bonds. The van der Waals surface area contributed by atoms with Crippen molar-refractivity contribution in [1.29, 1.82) is 0 Å². The minimum atomic E-state index is -0.420. The number of anilines is 4. The van der Waals surface area contributed by atoms with Crippen molar-refractivity contribution in [2.75, 3.05) is 17.7 Å². The molecule has 0 saturated carbocycles. The Balaban J connectivity index is 4.03. The summed E-state index contributed by atoms with van der Waals surface area (Å²) in [5, 5.41) is 6.48. The number of halogens is 2. The molecular formula is C17H25I2N5. The van der Waals surface area contributed by atoms with Crippen molar-refractivity contribution in [3.63, 3.8) is 0 Å². The highest BCUT2D eigenvalue weighted by Crippen LogP contribution is 2.48. The lowest BCUT2D eigenvalue weighted by Crippen LogP contribution is -2.08. The number of rotatable bonds is 10. The van der Waals surface area contributed by atoms with Crippen LogP contribution in [0.15, 0.2) is 31.8 Å². The molecule has 0 radical (unpaired) electrons. The standard InChI is InChI=1S/C17H25I2N5/c1-7-21-14-12(9-10-20)13(11(3)4)15(23-18-5)17(24-19-6)16(14)22-8-2/h7-11,21-24H,1-2,5-6,20H2,3-4H3/b10-9+. The molecule has 0 spiro atoms. The van der Waals surface area contributed by atoms with Gasteiger partial charge in [-0.05, 0) is 87.2 Å². The topological polar surface area (TPSA) is 74.1 Å². The van der Waals surface area contributed by atoms with Crippen LogP contribution in [0.5, 0.6) is 0 Å². The lowest BCUT2D eigenvalue weighted by Gasteiger charge is -2.26. The van der Waals surface area contributed by atoms with E-state index < -0.39 is 42.0 Å². The monoisotopic (exact) mass is 553 g/mol. The zero-order valence-electron chi connectivity index (χ0n) is 14.0. The fraction of sp³-hybridized carbons (Fsp3) is 0.176. The highest BCUT2D eigenvalue weighted by Gasteiger charge is 2.23. The molecule has 5 nitrogen and oxygen atoms in total. The molecular weight excluding hydrogens is 528 g/mol. The fourth-order valence-corrected chi connectivity index (χ4v) is 4.34. The zero-order valence-corrected chi connectivity index (χ0v) is 18.4. The Morgan fingerprint density at radius 1 is 0.917 bits per heavy atom. The molecule has 132 valence electrons. The lowest BCUT2D eigenvalue weighted by molar-refractivity contribution is 0.868. The van der Waals surface area contributed by atoms with Gasteiger partial charge in [0.15, 0.2) is 0 Å². The molecule has 0 aromatic heterocycles. The van der Waals surface area contributed by atoms with E-state index in [1.807, 2.05) is 6.08 Å². The Labute approximate surface area is 165 Å². The van der Waals surface area contributed by atoms with E-state index in [1.165, 1.54) is 5.56 Å². The van der Waals surface area contributed by atoms with Gasteiger partial charge in [0.05, 0.1) is 22.7 Å². The fourth-order valence-electron chi connectivity index (χ4n) is 2.48. The minimum Gasteiger partial charge on any atom is -0.405 e. The van der Waals surface area contributed by atoms with Gasteiger partial charge in [0.25, 0.3) is 0 Å². The number of hydrogen-bond donors (Lipinski definition) is 5. The Morgan fingerprint density at radius 3 is 1.92 bits per heavy atom. The molecule has 0 heterocycles. The van der Waals surface area contributed by atoms with Crippen LogP contribution in [-0.2, 0) is 0 Å². The van der Waals surface area contributed by atoms with E-state index in [-0.39, 0.29) is 0 Å². The third-order valence-electron chi connectivity index (χ3n) is 3.23. The van der Waals surface area contributed by atoms with Crippen molar-refractivity contribution < 1.29 is 0 Å². The minimum absolute atomic E-state index is 0.293. The highest BCUT2D eigenvalue weighted by molar-refractivity contribution is 14.2. The molecule has 0 aliphatic heterocycles.